The molecule has 0 rings (SSSR count). The van der Waals surface area contributed by atoms with Gasteiger partial charge in [-0.1, -0.05) is 0 Å². The van der Waals surface area contributed by atoms with Crippen LogP contribution in [0.5, 0.6) is 0 Å². The molecule has 34 valence electrons. The van der Waals surface area contributed by atoms with Gasteiger partial charge in [0.2, 0.25) is 0 Å². The van der Waals surface area contributed by atoms with Crippen LogP contribution in [-0.2, 0) is 22.4 Å². The van der Waals surface area contributed by atoms with Gasteiger partial charge in [-0.25, -0.2) is 0 Å². The quantitative estimate of drug-likeness (QED) is 0.428. The van der Waals surface area contributed by atoms with Crippen molar-refractivity contribution in [3.05, 3.63) is 0 Å². The van der Waals surface area contributed by atoms with Gasteiger partial charge in [0.05, 0.1) is 0 Å². The van der Waals surface area contributed by atoms with E-state index in [1.54, 1.807) is 0 Å². The molecule has 0 spiro atoms. The minimum absolute atomic E-state index is 0. The second-order valence-electron chi connectivity index (χ2n) is 0.224. The van der Waals surface area contributed by atoms with Crippen molar-refractivity contribution in [3.8, 4) is 0 Å². The van der Waals surface area contributed by atoms with Crippen molar-refractivity contribution >= 4 is 15.7 Å². The average Bonchev–Trinajstić information content (AvgIpc) is 0.811. The van der Waals surface area contributed by atoms with Crippen molar-refractivity contribution < 1.29 is 34.7 Å². The summed E-state index contributed by atoms with van der Waals surface area (Å²) in [5.74, 6) is 0. The minimum atomic E-state index is -3.94. The van der Waals surface area contributed by atoms with Crippen LogP contribution in [0.4, 0.5) is 0 Å². The van der Waals surface area contributed by atoms with E-state index in [2.05, 4.69) is 0 Å². The molecule has 5 heteroatoms. The summed E-state index contributed by atoms with van der Waals surface area (Å²) in [5.41, 5.74) is 0. The Hall–Kier alpha value is 1.18. The molecule has 0 aliphatic carbocycles. The molecule has 0 heterocycles. The van der Waals surface area contributed by atoms with Gasteiger partial charge >= 0.3 is 50.3 Å². The van der Waals surface area contributed by atoms with Crippen LogP contribution >= 0.6 is 0 Å². The zero-order valence-electron chi connectivity index (χ0n) is 1.97. The van der Waals surface area contributed by atoms with E-state index in [9.17, 15) is 0 Å². The van der Waals surface area contributed by atoms with E-state index in [4.69, 9.17) is 12.3 Å². The molecular weight excluding hydrogens is 320 g/mol. The number of hydrogen-bond donors (Lipinski definition) is 0. The third-order valence-electron chi connectivity index (χ3n) is 0. The zero-order chi connectivity index (χ0) is 3.58. The van der Waals surface area contributed by atoms with Crippen molar-refractivity contribution in [1.29, 1.82) is 0 Å². The molecule has 0 saturated carbocycles. The van der Waals surface area contributed by atoms with Crippen LogP contribution in [0.2, 0.25) is 0 Å². The molecule has 0 saturated heterocycles. The molecule has 0 N–H and O–H groups in total. The van der Waals surface area contributed by atoms with Gasteiger partial charge in [0.1, 0.15) is 0 Å². The van der Waals surface area contributed by atoms with Gasteiger partial charge in [-0.15, -0.1) is 0 Å². The maximum absolute atomic E-state index is 8.56. The molecule has 0 aliphatic rings. The normalized spacial score (nSPS) is 7.20. The van der Waals surface area contributed by atoms with Crippen molar-refractivity contribution in [2.24, 2.45) is 0 Å². The predicted molar refractivity (Wildman–Crippen MR) is 5.75 cm³/mol. The summed E-state index contributed by atoms with van der Waals surface area (Å²) in [7, 11) is 0. The monoisotopic (exact) mass is 320 g/mol. The van der Waals surface area contributed by atoms with Crippen LogP contribution in [0.3, 0.4) is 0 Å². The summed E-state index contributed by atoms with van der Waals surface area (Å²) >= 11 is -3.94. The van der Waals surface area contributed by atoms with Gasteiger partial charge in [-0.3, -0.25) is 0 Å². The van der Waals surface area contributed by atoms with Gasteiger partial charge in [0.25, 0.3) is 0 Å². The molecular formula is AsAuO3. The SMILES string of the molecule is [Au+3].[O-][As]([O-])[O-]. The standard InChI is InChI=1S/AsO3.Au/c2-1(3)4;/q-3;+3. The topological polar surface area (TPSA) is 69.2 Å². The molecule has 3 nitrogen and oxygen atoms in total. The molecule has 5 heavy (non-hydrogen) atoms. The summed E-state index contributed by atoms with van der Waals surface area (Å²) in [6.07, 6.45) is 0. The molecule has 0 aromatic rings. The van der Waals surface area contributed by atoms with Crippen molar-refractivity contribution in [1.82, 2.24) is 0 Å². The van der Waals surface area contributed by atoms with Gasteiger partial charge in [0.15, 0.2) is 0 Å². The van der Waals surface area contributed by atoms with Crippen LogP contribution in [0.1, 0.15) is 0 Å². The van der Waals surface area contributed by atoms with E-state index in [0.29, 0.717) is 0 Å². The molecule has 0 bridgehead atoms. The fraction of sp³-hybridized carbons (Fsp3) is 0. The molecule has 0 amide bonds. The van der Waals surface area contributed by atoms with Crippen molar-refractivity contribution in [2.45, 2.75) is 0 Å². The summed E-state index contributed by atoms with van der Waals surface area (Å²) in [6.45, 7) is 0. The second-order valence-corrected chi connectivity index (χ2v) is 1.16. The first-order valence-corrected chi connectivity index (χ1v) is 2.85. The molecule has 0 aromatic heterocycles. The molecule has 0 atom stereocenters. The molecule has 0 aliphatic heterocycles. The van der Waals surface area contributed by atoms with Gasteiger partial charge in [-0.2, -0.15) is 0 Å². The van der Waals surface area contributed by atoms with E-state index >= 15 is 0 Å². The van der Waals surface area contributed by atoms with Gasteiger partial charge in [-0.05, 0) is 0 Å². The first-order valence-electron chi connectivity index (χ1n) is 0.548. The fourth-order valence-corrected chi connectivity index (χ4v) is 0. The first-order chi connectivity index (χ1) is 1.73. The van der Waals surface area contributed by atoms with Crippen LogP contribution < -0.4 is 12.3 Å². The Morgan fingerprint density at radius 2 is 1.00 bits per heavy atom. The first kappa shape index (κ1) is 9.49. The summed E-state index contributed by atoms with van der Waals surface area (Å²) < 4.78 is 25.7. The van der Waals surface area contributed by atoms with Crippen molar-refractivity contribution in [3.63, 3.8) is 0 Å². The molecule has 0 aromatic carbocycles. The summed E-state index contributed by atoms with van der Waals surface area (Å²) in [6, 6.07) is 0. The van der Waals surface area contributed by atoms with E-state index in [0.717, 1.165) is 0 Å². The Labute approximate surface area is 50.5 Å². The van der Waals surface area contributed by atoms with E-state index in [1.807, 2.05) is 0 Å². The predicted octanol–water partition coefficient (Wildman–Crippen LogP) is -3.95. The van der Waals surface area contributed by atoms with Crippen LogP contribution in [0, 0.1) is 0 Å². The van der Waals surface area contributed by atoms with Crippen LogP contribution in [-0.4, -0.2) is 15.7 Å². The Morgan fingerprint density at radius 1 is 1.00 bits per heavy atom. The van der Waals surface area contributed by atoms with E-state index < -0.39 is 15.7 Å². The third-order valence-corrected chi connectivity index (χ3v) is 0. The van der Waals surface area contributed by atoms with Gasteiger partial charge in [0, 0.05) is 0 Å². The zero-order valence-corrected chi connectivity index (χ0v) is 6.02. The molecule has 0 fully saturated rings. The Balaban J connectivity index is 0. The number of hydrogen-bond acceptors (Lipinski definition) is 3. The summed E-state index contributed by atoms with van der Waals surface area (Å²) in [5, 5.41) is 0. The van der Waals surface area contributed by atoms with Crippen molar-refractivity contribution in [2.75, 3.05) is 0 Å². The fourth-order valence-electron chi connectivity index (χ4n) is 0. The van der Waals surface area contributed by atoms with Crippen LogP contribution in [0.25, 0.3) is 0 Å². The Kier molecular flexibility index (Phi) is 9.83. The second kappa shape index (κ2) is 5.18. The van der Waals surface area contributed by atoms with E-state index in [-0.39, 0.29) is 22.4 Å². The van der Waals surface area contributed by atoms with Gasteiger partial charge < -0.3 is 0 Å². The molecule has 0 unspecified atom stereocenters. The summed E-state index contributed by atoms with van der Waals surface area (Å²) in [4.78, 5) is 0. The van der Waals surface area contributed by atoms with E-state index in [1.165, 1.54) is 0 Å². The average molecular weight is 320 g/mol. The Morgan fingerprint density at radius 3 is 1.00 bits per heavy atom. The molecule has 0 radical (unpaired) electrons. The Bertz CT molecular complexity index is 11.6. The number of rotatable bonds is 0. The maximum atomic E-state index is 8.56. The van der Waals surface area contributed by atoms with Crippen LogP contribution in [0.15, 0.2) is 0 Å². The third kappa shape index (κ3) is 37.7.